The molecule has 1 aliphatic rings. The lowest BCUT2D eigenvalue weighted by atomic mass is 10.0. The van der Waals surface area contributed by atoms with Crippen LogP contribution in [0.3, 0.4) is 0 Å². The monoisotopic (exact) mass is 318 g/mol. The lowest BCUT2D eigenvalue weighted by Gasteiger charge is -2.26. The van der Waals surface area contributed by atoms with Crippen LogP contribution in [0.25, 0.3) is 0 Å². The van der Waals surface area contributed by atoms with Crippen LogP contribution in [-0.4, -0.2) is 16.5 Å². The average Bonchev–Trinajstić information content (AvgIpc) is 2.91. The van der Waals surface area contributed by atoms with Crippen molar-refractivity contribution in [2.45, 2.75) is 18.9 Å². The Kier molecular flexibility index (Phi) is 3.38. The smallest absolute Gasteiger partial charge is 0.173 e. The van der Waals surface area contributed by atoms with Crippen molar-refractivity contribution in [2.24, 2.45) is 0 Å². The molecule has 2 heterocycles. The van der Waals surface area contributed by atoms with Gasteiger partial charge in [0, 0.05) is 6.54 Å². The minimum absolute atomic E-state index is 0.340. The fraction of sp³-hybridized carbons (Fsp3) is 0.286. The van der Waals surface area contributed by atoms with Crippen LogP contribution in [0.15, 0.2) is 41.1 Å². The molecule has 1 atom stereocenters. The molecule has 3 rings (SSSR count). The van der Waals surface area contributed by atoms with Crippen molar-refractivity contribution in [1.29, 1.82) is 0 Å². The summed E-state index contributed by atoms with van der Waals surface area (Å²) in [6, 6.07) is 10.8. The van der Waals surface area contributed by atoms with Gasteiger partial charge >= 0.3 is 0 Å². The third-order valence-corrected chi connectivity index (χ3v) is 3.84. The van der Waals surface area contributed by atoms with E-state index in [1.54, 1.807) is 6.20 Å². The number of hydrogen-bond acceptors (Lipinski definition) is 4. The van der Waals surface area contributed by atoms with Crippen molar-refractivity contribution in [2.75, 3.05) is 17.2 Å². The highest BCUT2D eigenvalue weighted by molar-refractivity contribution is 9.10. The molecule has 5 heteroatoms. The number of halogens is 1. The lowest BCUT2D eigenvalue weighted by molar-refractivity contribution is 0.710. The van der Waals surface area contributed by atoms with Gasteiger partial charge in [0.25, 0.3) is 0 Å². The van der Waals surface area contributed by atoms with Crippen LogP contribution in [0.2, 0.25) is 0 Å². The van der Waals surface area contributed by atoms with Crippen LogP contribution in [-0.2, 0) is 0 Å². The summed E-state index contributed by atoms with van der Waals surface area (Å²) in [4.78, 5) is 10.9. The summed E-state index contributed by atoms with van der Waals surface area (Å²) in [5, 5.41) is 0. The predicted octanol–water partition coefficient (Wildman–Crippen LogP) is 3.16. The molecule has 0 aliphatic carbocycles. The number of benzene rings is 1. The van der Waals surface area contributed by atoms with Gasteiger partial charge in [-0.1, -0.05) is 30.3 Å². The minimum Gasteiger partial charge on any atom is -0.381 e. The van der Waals surface area contributed by atoms with E-state index in [1.165, 1.54) is 5.56 Å². The summed E-state index contributed by atoms with van der Waals surface area (Å²) in [6.07, 6.45) is 3.90. The fourth-order valence-corrected chi connectivity index (χ4v) is 2.89. The topological polar surface area (TPSA) is 55.0 Å². The van der Waals surface area contributed by atoms with Crippen molar-refractivity contribution in [1.82, 2.24) is 9.97 Å². The zero-order valence-electron chi connectivity index (χ0n) is 10.5. The van der Waals surface area contributed by atoms with E-state index in [9.17, 15) is 0 Å². The van der Waals surface area contributed by atoms with E-state index in [0.717, 1.165) is 29.8 Å². The molecular formula is C14H15BrN4. The standard InChI is InChI=1S/C14H15BrN4/c15-12-9-17-13(16)14(18-12)19-8-4-7-11(19)10-5-2-1-3-6-10/h1-3,5-6,9,11H,4,7-8H2,(H2,16,17)/t11-/m0/s1. The predicted molar refractivity (Wildman–Crippen MR) is 79.9 cm³/mol. The highest BCUT2D eigenvalue weighted by atomic mass is 79.9. The second-order valence-electron chi connectivity index (χ2n) is 4.66. The van der Waals surface area contributed by atoms with E-state index < -0.39 is 0 Å². The van der Waals surface area contributed by atoms with E-state index in [4.69, 9.17) is 5.73 Å². The summed E-state index contributed by atoms with van der Waals surface area (Å²) in [6.45, 7) is 0.967. The maximum Gasteiger partial charge on any atom is 0.173 e. The first-order valence-electron chi connectivity index (χ1n) is 6.35. The Labute approximate surface area is 120 Å². The number of nitrogen functional groups attached to an aromatic ring is 1. The van der Waals surface area contributed by atoms with Crippen molar-refractivity contribution in [3.63, 3.8) is 0 Å². The summed E-state index contributed by atoms with van der Waals surface area (Å²) in [7, 11) is 0. The van der Waals surface area contributed by atoms with Gasteiger partial charge in [-0.15, -0.1) is 0 Å². The highest BCUT2D eigenvalue weighted by Crippen LogP contribution is 2.37. The number of hydrogen-bond donors (Lipinski definition) is 1. The zero-order valence-corrected chi connectivity index (χ0v) is 12.0. The maximum absolute atomic E-state index is 5.97. The fourth-order valence-electron chi connectivity index (χ4n) is 2.62. The Bertz CT molecular complexity index is 573. The van der Waals surface area contributed by atoms with Gasteiger partial charge in [0.2, 0.25) is 0 Å². The minimum atomic E-state index is 0.340. The Morgan fingerprint density at radius 1 is 1.26 bits per heavy atom. The Morgan fingerprint density at radius 2 is 2.05 bits per heavy atom. The normalized spacial score (nSPS) is 18.8. The molecule has 2 aromatic rings. The first kappa shape index (κ1) is 12.4. The van der Waals surface area contributed by atoms with Crippen molar-refractivity contribution >= 4 is 27.6 Å². The summed E-state index contributed by atoms with van der Waals surface area (Å²) < 4.78 is 0.718. The zero-order chi connectivity index (χ0) is 13.2. The van der Waals surface area contributed by atoms with E-state index in [1.807, 2.05) is 6.07 Å². The van der Waals surface area contributed by atoms with Gasteiger partial charge in [-0.05, 0) is 34.3 Å². The second-order valence-corrected chi connectivity index (χ2v) is 5.48. The molecule has 0 radical (unpaired) electrons. The number of nitrogens with zero attached hydrogens (tertiary/aromatic N) is 3. The Balaban J connectivity index is 1.97. The Morgan fingerprint density at radius 3 is 2.84 bits per heavy atom. The lowest BCUT2D eigenvalue weighted by Crippen LogP contribution is -2.25. The molecule has 1 aromatic heterocycles. The van der Waals surface area contributed by atoms with Gasteiger partial charge in [0.15, 0.2) is 11.6 Å². The van der Waals surface area contributed by atoms with E-state index in [-0.39, 0.29) is 0 Å². The Hall–Kier alpha value is -1.62. The molecule has 19 heavy (non-hydrogen) atoms. The molecule has 1 aliphatic heterocycles. The van der Waals surface area contributed by atoms with Gasteiger partial charge < -0.3 is 10.6 Å². The number of anilines is 2. The van der Waals surface area contributed by atoms with Crippen LogP contribution in [0.5, 0.6) is 0 Å². The van der Waals surface area contributed by atoms with Gasteiger partial charge in [-0.3, -0.25) is 0 Å². The van der Waals surface area contributed by atoms with Gasteiger partial charge in [-0.2, -0.15) is 0 Å². The summed E-state index contributed by atoms with van der Waals surface area (Å²) in [5.41, 5.74) is 7.28. The quantitative estimate of drug-likeness (QED) is 0.924. The molecule has 1 fully saturated rings. The van der Waals surface area contributed by atoms with Gasteiger partial charge in [-0.25, -0.2) is 9.97 Å². The van der Waals surface area contributed by atoms with Crippen LogP contribution < -0.4 is 10.6 Å². The largest absolute Gasteiger partial charge is 0.381 e. The molecule has 4 nitrogen and oxygen atoms in total. The first-order valence-corrected chi connectivity index (χ1v) is 7.14. The summed E-state index contributed by atoms with van der Waals surface area (Å²) >= 11 is 3.36. The molecular weight excluding hydrogens is 304 g/mol. The average molecular weight is 319 g/mol. The first-order chi connectivity index (χ1) is 9.25. The maximum atomic E-state index is 5.97. The molecule has 0 unspecified atom stereocenters. The van der Waals surface area contributed by atoms with Crippen LogP contribution in [0.1, 0.15) is 24.4 Å². The molecule has 2 N–H and O–H groups in total. The molecule has 0 saturated carbocycles. The summed E-state index contributed by atoms with van der Waals surface area (Å²) in [5.74, 6) is 1.27. The van der Waals surface area contributed by atoms with Crippen LogP contribution >= 0.6 is 15.9 Å². The van der Waals surface area contributed by atoms with E-state index >= 15 is 0 Å². The molecule has 98 valence electrons. The van der Waals surface area contributed by atoms with Crippen LogP contribution in [0.4, 0.5) is 11.6 Å². The molecule has 0 spiro atoms. The second kappa shape index (κ2) is 5.17. The third-order valence-electron chi connectivity index (χ3n) is 3.46. The number of nitrogens with two attached hydrogens (primary N) is 1. The van der Waals surface area contributed by atoms with Crippen molar-refractivity contribution in [3.8, 4) is 0 Å². The number of rotatable bonds is 2. The SMILES string of the molecule is Nc1ncc(Br)nc1N1CCC[C@H]1c1ccccc1. The highest BCUT2D eigenvalue weighted by Gasteiger charge is 2.28. The van der Waals surface area contributed by atoms with Crippen molar-refractivity contribution in [3.05, 3.63) is 46.7 Å². The molecule has 1 aromatic carbocycles. The van der Waals surface area contributed by atoms with Gasteiger partial charge in [0.05, 0.1) is 12.2 Å². The third kappa shape index (κ3) is 2.42. The molecule has 0 bridgehead atoms. The number of aromatic nitrogens is 2. The van der Waals surface area contributed by atoms with Crippen LogP contribution in [0, 0.1) is 0 Å². The van der Waals surface area contributed by atoms with E-state index in [0.29, 0.717) is 11.9 Å². The van der Waals surface area contributed by atoms with Crippen molar-refractivity contribution < 1.29 is 0 Å². The van der Waals surface area contributed by atoms with E-state index in [2.05, 4.69) is 55.1 Å². The molecule has 1 saturated heterocycles. The van der Waals surface area contributed by atoms with Gasteiger partial charge in [0.1, 0.15) is 4.60 Å². The molecule has 0 amide bonds.